The molecule has 0 aliphatic carbocycles. The Hall–Kier alpha value is -4.31. The highest BCUT2D eigenvalue weighted by molar-refractivity contribution is 7.98. The number of carboxylic acid groups (broad SMARTS) is 1. The number of nitrogens with two attached hydrogens (primary N) is 3. The molecule has 0 aliphatic rings. The number of phenolic OH excluding ortho intramolecular Hbond substituents is 1. The second-order valence-corrected chi connectivity index (χ2v) is 10.5. The Balaban J connectivity index is 2.24. The number of imidazole rings is 1. The number of hydrogen-bond acceptors (Lipinski definition) is 9. The monoisotopic (exact) mass is 605 g/mol. The van der Waals surface area contributed by atoms with Gasteiger partial charge in [0, 0.05) is 31.3 Å². The van der Waals surface area contributed by atoms with Crippen molar-refractivity contribution < 1.29 is 29.4 Å². The zero-order valence-corrected chi connectivity index (χ0v) is 24.1. The summed E-state index contributed by atoms with van der Waals surface area (Å²) >= 11 is 1.43. The Labute approximate surface area is 247 Å². The van der Waals surface area contributed by atoms with Crippen molar-refractivity contribution in [3.8, 4) is 5.75 Å². The molecule has 0 bridgehead atoms. The van der Waals surface area contributed by atoms with Gasteiger partial charge in [0.2, 0.25) is 17.7 Å². The van der Waals surface area contributed by atoms with Gasteiger partial charge in [0.25, 0.3) is 0 Å². The molecule has 2 aromatic rings. The minimum absolute atomic E-state index is 0.0132. The fraction of sp³-hybridized carbons (Fsp3) is 0.462. The maximum absolute atomic E-state index is 13.5. The van der Waals surface area contributed by atoms with E-state index >= 15 is 0 Å². The number of aromatic amines is 1. The lowest BCUT2D eigenvalue weighted by atomic mass is 10.0. The van der Waals surface area contributed by atoms with E-state index in [4.69, 9.17) is 17.2 Å². The van der Waals surface area contributed by atoms with E-state index in [2.05, 4.69) is 30.9 Å². The number of aliphatic imine (C=N–C) groups is 1. The van der Waals surface area contributed by atoms with Crippen LogP contribution in [0.15, 0.2) is 41.8 Å². The lowest BCUT2D eigenvalue weighted by Crippen LogP contribution is -2.57. The molecule has 16 heteroatoms. The van der Waals surface area contributed by atoms with Gasteiger partial charge in [-0.15, -0.1) is 0 Å². The van der Waals surface area contributed by atoms with E-state index in [-0.39, 0.29) is 43.9 Å². The third-order valence-corrected chi connectivity index (χ3v) is 6.79. The molecule has 0 aliphatic heterocycles. The number of carboxylic acids is 1. The number of thioether (sulfide) groups is 1. The number of aromatic nitrogens is 2. The molecule has 42 heavy (non-hydrogen) atoms. The summed E-state index contributed by atoms with van der Waals surface area (Å²) in [5.41, 5.74) is 18.0. The van der Waals surface area contributed by atoms with Gasteiger partial charge < -0.3 is 48.3 Å². The number of aliphatic carboxylic acids is 1. The van der Waals surface area contributed by atoms with Crippen LogP contribution in [0.5, 0.6) is 5.75 Å². The molecule has 1 aromatic carbocycles. The SMILES string of the molecule is CSCCC(NC(=O)C(Cc1ccc(O)cc1)NC(=O)C(CCCN=C(N)N)NC(=O)C(N)Cc1cnc[nH]1)C(=O)O. The molecule has 0 saturated carbocycles. The molecule has 4 unspecified atom stereocenters. The topological polar surface area (TPSA) is 264 Å². The lowest BCUT2D eigenvalue weighted by molar-refractivity contribution is -0.142. The largest absolute Gasteiger partial charge is 0.508 e. The van der Waals surface area contributed by atoms with Crippen LogP contribution < -0.4 is 33.2 Å². The molecule has 0 fully saturated rings. The normalized spacial score (nSPS) is 13.7. The van der Waals surface area contributed by atoms with Gasteiger partial charge in [0.05, 0.1) is 12.4 Å². The van der Waals surface area contributed by atoms with Crippen LogP contribution >= 0.6 is 11.8 Å². The lowest BCUT2D eigenvalue weighted by Gasteiger charge is -2.25. The standard InChI is InChI=1S/C26H39N9O6S/c1-42-10-8-20(25(40)41)34-24(39)21(11-15-4-6-17(36)7-5-15)35-23(38)19(3-2-9-31-26(28)29)33-22(37)18(27)12-16-13-30-14-32-16/h4-7,13-14,18-21,36H,2-3,8-12,27H2,1H3,(H,30,32)(H,33,37)(H,34,39)(H,35,38)(H,40,41)(H4,28,29,31). The molecule has 15 nitrogen and oxygen atoms in total. The number of amides is 3. The summed E-state index contributed by atoms with van der Waals surface area (Å²) < 4.78 is 0. The van der Waals surface area contributed by atoms with Crippen molar-refractivity contribution in [2.45, 2.75) is 56.3 Å². The smallest absolute Gasteiger partial charge is 0.326 e. The average molecular weight is 606 g/mol. The van der Waals surface area contributed by atoms with E-state index < -0.39 is 47.9 Å². The van der Waals surface area contributed by atoms with Gasteiger partial charge >= 0.3 is 5.97 Å². The van der Waals surface area contributed by atoms with Gasteiger partial charge in [-0.1, -0.05) is 12.1 Å². The van der Waals surface area contributed by atoms with Crippen LogP contribution in [-0.2, 0) is 32.0 Å². The van der Waals surface area contributed by atoms with Gasteiger partial charge in [0.15, 0.2) is 5.96 Å². The molecule has 3 amide bonds. The second-order valence-electron chi connectivity index (χ2n) is 9.51. The van der Waals surface area contributed by atoms with Crippen molar-refractivity contribution in [1.29, 1.82) is 0 Å². The molecule has 2 rings (SSSR count). The van der Waals surface area contributed by atoms with Crippen LogP contribution in [0.4, 0.5) is 0 Å². The maximum atomic E-state index is 13.5. The highest BCUT2D eigenvalue weighted by Crippen LogP contribution is 2.13. The maximum Gasteiger partial charge on any atom is 0.326 e. The Morgan fingerprint density at radius 3 is 2.21 bits per heavy atom. The van der Waals surface area contributed by atoms with Crippen LogP contribution in [0.25, 0.3) is 0 Å². The summed E-state index contributed by atoms with van der Waals surface area (Å²) in [7, 11) is 0. The van der Waals surface area contributed by atoms with Crippen LogP contribution in [-0.4, -0.2) is 92.6 Å². The summed E-state index contributed by atoms with van der Waals surface area (Å²) in [4.78, 5) is 62.1. The number of benzene rings is 1. The van der Waals surface area contributed by atoms with Crippen molar-refractivity contribution in [1.82, 2.24) is 25.9 Å². The fourth-order valence-electron chi connectivity index (χ4n) is 3.89. The van der Waals surface area contributed by atoms with Crippen LogP contribution in [0, 0.1) is 0 Å². The highest BCUT2D eigenvalue weighted by atomic mass is 32.2. The van der Waals surface area contributed by atoms with E-state index in [1.807, 2.05) is 6.26 Å². The number of nitrogens with zero attached hydrogens (tertiary/aromatic N) is 2. The van der Waals surface area contributed by atoms with Gasteiger partial charge in [-0.25, -0.2) is 9.78 Å². The van der Waals surface area contributed by atoms with Crippen molar-refractivity contribution in [2.24, 2.45) is 22.2 Å². The summed E-state index contributed by atoms with van der Waals surface area (Å²) in [6.07, 6.45) is 5.54. The van der Waals surface area contributed by atoms with E-state index in [0.717, 1.165) is 0 Å². The van der Waals surface area contributed by atoms with Gasteiger partial charge in [-0.3, -0.25) is 19.4 Å². The van der Waals surface area contributed by atoms with Gasteiger partial charge in [-0.05, 0) is 49.0 Å². The zero-order valence-electron chi connectivity index (χ0n) is 23.3. The van der Waals surface area contributed by atoms with Crippen LogP contribution in [0.1, 0.15) is 30.5 Å². The number of phenols is 1. The van der Waals surface area contributed by atoms with Gasteiger partial charge in [-0.2, -0.15) is 11.8 Å². The van der Waals surface area contributed by atoms with Crippen LogP contribution in [0.3, 0.4) is 0 Å². The van der Waals surface area contributed by atoms with Crippen molar-refractivity contribution in [2.75, 3.05) is 18.6 Å². The third kappa shape index (κ3) is 12.1. The number of guanidine groups is 1. The molecule has 1 aromatic heterocycles. The van der Waals surface area contributed by atoms with E-state index in [0.29, 0.717) is 23.4 Å². The summed E-state index contributed by atoms with van der Waals surface area (Å²) in [5.74, 6) is -2.82. The predicted octanol–water partition coefficient (Wildman–Crippen LogP) is -1.43. The molecule has 1 heterocycles. The molecule has 230 valence electrons. The molecule has 0 spiro atoms. The van der Waals surface area contributed by atoms with E-state index in [1.165, 1.54) is 36.4 Å². The second kappa shape index (κ2) is 17.5. The minimum atomic E-state index is -1.21. The summed E-state index contributed by atoms with van der Waals surface area (Å²) in [6, 6.07) is 1.54. The molecular weight excluding hydrogens is 566 g/mol. The molecule has 0 radical (unpaired) electrons. The van der Waals surface area contributed by atoms with E-state index in [9.17, 15) is 29.4 Å². The first-order chi connectivity index (χ1) is 20.0. The fourth-order valence-corrected chi connectivity index (χ4v) is 4.36. The van der Waals surface area contributed by atoms with Crippen molar-refractivity contribution in [3.63, 3.8) is 0 Å². The summed E-state index contributed by atoms with van der Waals surface area (Å²) in [6.45, 7) is 0.190. The predicted molar refractivity (Wildman–Crippen MR) is 158 cm³/mol. The summed E-state index contributed by atoms with van der Waals surface area (Å²) in [5, 5.41) is 27.0. The molecule has 4 atom stereocenters. The third-order valence-electron chi connectivity index (χ3n) is 6.14. The van der Waals surface area contributed by atoms with Crippen molar-refractivity contribution in [3.05, 3.63) is 48.0 Å². The Bertz CT molecular complexity index is 1190. The highest BCUT2D eigenvalue weighted by Gasteiger charge is 2.30. The number of carbonyl (C=O) groups excluding carboxylic acids is 3. The minimum Gasteiger partial charge on any atom is -0.508 e. The number of aromatic hydroxyl groups is 1. The first-order valence-corrected chi connectivity index (χ1v) is 14.6. The average Bonchev–Trinajstić information content (AvgIpc) is 3.45. The Morgan fingerprint density at radius 1 is 0.976 bits per heavy atom. The van der Waals surface area contributed by atoms with Gasteiger partial charge in [0.1, 0.15) is 23.9 Å². The number of nitrogens with one attached hydrogen (secondary N) is 4. The number of hydrogen-bond donors (Lipinski definition) is 9. The van der Waals surface area contributed by atoms with Crippen LogP contribution in [0.2, 0.25) is 0 Å². The first kappa shape index (κ1) is 33.9. The molecule has 12 N–H and O–H groups in total. The number of H-pyrrole nitrogens is 1. The Morgan fingerprint density at radius 2 is 1.62 bits per heavy atom. The molecule has 0 saturated heterocycles. The quantitative estimate of drug-likeness (QED) is 0.0540. The number of carbonyl (C=O) groups is 4. The zero-order chi connectivity index (χ0) is 31.1. The first-order valence-electron chi connectivity index (χ1n) is 13.2. The Kier molecular flexibility index (Phi) is 14.1. The number of rotatable bonds is 18. The van der Waals surface area contributed by atoms with E-state index in [1.54, 1.807) is 12.1 Å². The molecular formula is C26H39N9O6S. The van der Waals surface area contributed by atoms with Crippen molar-refractivity contribution >= 4 is 41.4 Å².